The van der Waals surface area contributed by atoms with E-state index in [9.17, 15) is 27.9 Å². The Bertz CT molecular complexity index is 786. The summed E-state index contributed by atoms with van der Waals surface area (Å²) in [5.74, 6) is -1.13. The van der Waals surface area contributed by atoms with Gasteiger partial charge in [-0.1, -0.05) is 6.92 Å². The zero-order valence-electron chi connectivity index (χ0n) is 16.5. The number of carbonyl (C=O) groups is 2. The van der Waals surface area contributed by atoms with Gasteiger partial charge in [0.2, 0.25) is 11.7 Å². The zero-order chi connectivity index (χ0) is 22.1. The number of fused-ring (bicyclic) bond motifs is 1. The Balaban J connectivity index is 1.64. The SMILES string of the molecule is C[C@H]1CCC(O)N(C[C@H](CC(=O)N2CCn3c(nnc3C(F)(F)F)C2)NC(=O)O)C1. The first-order valence-electron chi connectivity index (χ1n) is 9.73. The third kappa shape index (κ3) is 5.19. The second-order valence-corrected chi connectivity index (χ2v) is 7.87. The van der Waals surface area contributed by atoms with E-state index < -0.39 is 36.3 Å². The Labute approximate surface area is 170 Å². The fourth-order valence-corrected chi connectivity index (χ4v) is 3.96. The molecule has 0 aromatic carbocycles. The molecule has 2 aliphatic rings. The summed E-state index contributed by atoms with van der Waals surface area (Å²) < 4.78 is 39.8. The fourth-order valence-electron chi connectivity index (χ4n) is 3.96. The maximum atomic E-state index is 12.9. The molecule has 0 radical (unpaired) electrons. The highest BCUT2D eigenvalue weighted by Gasteiger charge is 2.40. The first kappa shape index (κ1) is 22.3. The molecular weight excluding hydrogens is 409 g/mol. The number of likely N-dealkylation sites (tertiary alicyclic amines) is 1. The van der Waals surface area contributed by atoms with Crippen molar-refractivity contribution in [2.24, 2.45) is 5.92 Å². The van der Waals surface area contributed by atoms with E-state index in [2.05, 4.69) is 15.5 Å². The van der Waals surface area contributed by atoms with Gasteiger partial charge >= 0.3 is 12.3 Å². The molecule has 1 saturated heterocycles. The van der Waals surface area contributed by atoms with E-state index in [1.807, 2.05) is 6.92 Å². The minimum Gasteiger partial charge on any atom is -0.465 e. The number of carbonyl (C=O) groups excluding carboxylic acids is 1. The Morgan fingerprint density at radius 1 is 1.27 bits per heavy atom. The van der Waals surface area contributed by atoms with Gasteiger partial charge in [0, 0.05) is 32.6 Å². The van der Waals surface area contributed by atoms with Gasteiger partial charge in [-0.3, -0.25) is 9.69 Å². The van der Waals surface area contributed by atoms with Gasteiger partial charge in [-0.2, -0.15) is 13.2 Å². The van der Waals surface area contributed by atoms with Crippen molar-refractivity contribution in [1.82, 2.24) is 29.9 Å². The molecule has 13 heteroatoms. The molecule has 0 aliphatic carbocycles. The number of aromatic nitrogens is 3. The van der Waals surface area contributed by atoms with E-state index in [1.165, 1.54) is 4.90 Å². The second-order valence-electron chi connectivity index (χ2n) is 7.87. The number of nitrogens with one attached hydrogen (secondary N) is 1. The lowest BCUT2D eigenvalue weighted by atomic mass is 9.98. The van der Waals surface area contributed by atoms with E-state index in [4.69, 9.17) is 5.11 Å². The summed E-state index contributed by atoms with van der Waals surface area (Å²) >= 11 is 0. The summed E-state index contributed by atoms with van der Waals surface area (Å²) in [5.41, 5.74) is 0. The first-order chi connectivity index (χ1) is 14.0. The van der Waals surface area contributed by atoms with Gasteiger partial charge in [-0.25, -0.2) is 4.79 Å². The monoisotopic (exact) mass is 434 g/mol. The zero-order valence-corrected chi connectivity index (χ0v) is 16.5. The van der Waals surface area contributed by atoms with Gasteiger partial charge in [0.15, 0.2) is 5.82 Å². The average Bonchev–Trinajstić information content (AvgIpc) is 3.07. The van der Waals surface area contributed by atoms with Crippen LogP contribution in [0.15, 0.2) is 0 Å². The van der Waals surface area contributed by atoms with Crippen molar-refractivity contribution in [3.8, 4) is 0 Å². The first-order valence-corrected chi connectivity index (χ1v) is 9.73. The maximum absolute atomic E-state index is 12.9. The number of hydrogen-bond acceptors (Lipinski definition) is 6. The third-order valence-corrected chi connectivity index (χ3v) is 5.45. The molecule has 3 heterocycles. The molecule has 10 nitrogen and oxygen atoms in total. The van der Waals surface area contributed by atoms with Crippen LogP contribution in [0.1, 0.15) is 37.8 Å². The standard InChI is InChI=1S/C17H25F3N6O4/c1-10-2-3-13(27)25(7-10)8-11(21-16(29)30)6-14(28)24-4-5-26-12(9-24)22-23-15(26)17(18,19)20/h10-11,13,21,27H,2-9H2,1H3,(H,29,30)/t10-,11-,13?/m0/s1. The van der Waals surface area contributed by atoms with Crippen LogP contribution in [-0.4, -0.2) is 78.7 Å². The second kappa shape index (κ2) is 8.76. The van der Waals surface area contributed by atoms with Crippen molar-refractivity contribution < 1.29 is 33.0 Å². The van der Waals surface area contributed by atoms with Gasteiger partial charge in [-0.05, 0) is 18.8 Å². The number of carboxylic acid groups (broad SMARTS) is 1. The third-order valence-electron chi connectivity index (χ3n) is 5.45. The number of nitrogens with zero attached hydrogens (tertiary/aromatic N) is 5. The Hall–Kier alpha value is -2.41. The van der Waals surface area contributed by atoms with Crippen LogP contribution < -0.4 is 5.32 Å². The largest absolute Gasteiger partial charge is 0.465 e. The van der Waals surface area contributed by atoms with Gasteiger partial charge in [-0.15, -0.1) is 10.2 Å². The van der Waals surface area contributed by atoms with Crippen molar-refractivity contribution >= 4 is 12.0 Å². The molecule has 30 heavy (non-hydrogen) atoms. The van der Waals surface area contributed by atoms with E-state index in [1.54, 1.807) is 4.90 Å². The Morgan fingerprint density at radius 2 is 2.00 bits per heavy atom. The number of halogens is 3. The molecule has 1 unspecified atom stereocenters. The molecule has 1 aromatic rings. The average molecular weight is 434 g/mol. The number of alkyl halides is 3. The minimum absolute atomic E-state index is 0.0324. The van der Waals surface area contributed by atoms with Crippen molar-refractivity contribution in [2.45, 2.75) is 57.7 Å². The maximum Gasteiger partial charge on any atom is 0.451 e. The highest BCUT2D eigenvalue weighted by atomic mass is 19.4. The Morgan fingerprint density at radius 3 is 2.67 bits per heavy atom. The Kier molecular flexibility index (Phi) is 6.50. The van der Waals surface area contributed by atoms with Crippen molar-refractivity contribution in [1.29, 1.82) is 0 Å². The number of amides is 2. The highest BCUT2D eigenvalue weighted by molar-refractivity contribution is 5.77. The fraction of sp³-hybridized carbons (Fsp3) is 0.765. The molecule has 2 amide bonds. The van der Waals surface area contributed by atoms with E-state index in [0.717, 1.165) is 11.0 Å². The summed E-state index contributed by atoms with van der Waals surface area (Å²) in [6, 6.07) is -0.763. The number of aliphatic hydroxyl groups excluding tert-OH is 1. The van der Waals surface area contributed by atoms with Crippen LogP contribution >= 0.6 is 0 Å². The predicted octanol–water partition coefficient (Wildman–Crippen LogP) is 0.716. The molecule has 2 aliphatic heterocycles. The van der Waals surface area contributed by atoms with Crippen LogP contribution in [0.2, 0.25) is 0 Å². The number of hydrogen-bond donors (Lipinski definition) is 3. The molecular formula is C17H25F3N6O4. The molecule has 0 saturated carbocycles. The molecule has 3 atom stereocenters. The van der Waals surface area contributed by atoms with Crippen LogP contribution in [0.5, 0.6) is 0 Å². The topological polar surface area (TPSA) is 124 Å². The molecule has 0 spiro atoms. The van der Waals surface area contributed by atoms with Gasteiger partial charge < -0.3 is 25.0 Å². The molecule has 1 aromatic heterocycles. The summed E-state index contributed by atoms with van der Waals surface area (Å²) in [4.78, 5) is 27.0. The predicted molar refractivity (Wildman–Crippen MR) is 96.0 cm³/mol. The normalized spacial score (nSPS) is 23.7. The van der Waals surface area contributed by atoms with Crippen LogP contribution in [-0.2, 0) is 24.1 Å². The quantitative estimate of drug-likeness (QED) is 0.624. The van der Waals surface area contributed by atoms with Gasteiger partial charge in [0.05, 0.1) is 12.6 Å². The summed E-state index contributed by atoms with van der Waals surface area (Å²) in [5, 5.41) is 28.3. The summed E-state index contributed by atoms with van der Waals surface area (Å²) in [6.45, 7) is 2.58. The van der Waals surface area contributed by atoms with Crippen LogP contribution in [0, 0.1) is 5.92 Å². The molecule has 3 N–H and O–H groups in total. The van der Waals surface area contributed by atoms with Crippen LogP contribution in [0.3, 0.4) is 0 Å². The van der Waals surface area contributed by atoms with Gasteiger partial charge in [0.1, 0.15) is 6.23 Å². The smallest absolute Gasteiger partial charge is 0.451 e. The molecule has 1 fully saturated rings. The van der Waals surface area contributed by atoms with Crippen LogP contribution in [0.4, 0.5) is 18.0 Å². The van der Waals surface area contributed by atoms with Crippen molar-refractivity contribution in [3.63, 3.8) is 0 Å². The highest BCUT2D eigenvalue weighted by Crippen LogP contribution is 2.29. The molecule has 3 rings (SSSR count). The van der Waals surface area contributed by atoms with E-state index in [-0.39, 0.29) is 38.4 Å². The number of aliphatic hydroxyl groups is 1. The van der Waals surface area contributed by atoms with Crippen LogP contribution in [0.25, 0.3) is 0 Å². The van der Waals surface area contributed by atoms with E-state index in [0.29, 0.717) is 18.9 Å². The van der Waals surface area contributed by atoms with Gasteiger partial charge in [0.25, 0.3) is 0 Å². The minimum atomic E-state index is -4.62. The lowest BCUT2D eigenvalue weighted by molar-refractivity contribution is -0.148. The number of rotatable bonds is 5. The summed E-state index contributed by atoms with van der Waals surface area (Å²) in [7, 11) is 0. The lowest BCUT2D eigenvalue weighted by Crippen LogP contribution is -2.52. The summed E-state index contributed by atoms with van der Waals surface area (Å²) in [6.07, 6.45) is -5.37. The van der Waals surface area contributed by atoms with E-state index >= 15 is 0 Å². The molecule has 168 valence electrons. The lowest BCUT2D eigenvalue weighted by Gasteiger charge is -2.38. The van der Waals surface area contributed by atoms with Crippen molar-refractivity contribution in [2.75, 3.05) is 19.6 Å². The number of piperidine rings is 1. The molecule has 0 bridgehead atoms. The van der Waals surface area contributed by atoms with Crippen molar-refractivity contribution in [3.05, 3.63) is 11.6 Å².